The second kappa shape index (κ2) is 12.2. The summed E-state index contributed by atoms with van der Waals surface area (Å²) in [6.07, 6.45) is 0. The van der Waals surface area contributed by atoms with Gasteiger partial charge in [-0.15, -0.1) is 22.7 Å². The van der Waals surface area contributed by atoms with Crippen LogP contribution in [-0.4, -0.2) is 65.2 Å². The van der Waals surface area contributed by atoms with Gasteiger partial charge in [0.1, 0.15) is 24.7 Å². The Bertz CT molecular complexity index is 1190. The number of carbonyl (C=O) groups excluding carboxylic acids is 2. The standard InChI is InChI=1S/C23H25NO8S3/c1-16-4-6-17(7-5-16)35(27,28)24(10-12-31-18-8-14-33-20(18)22(25)29-2)11-13-32-19-9-15-34-21(19)23(26)30-3/h4-9,14-15H,10-13H2,1-3H3. The lowest BCUT2D eigenvalue weighted by Gasteiger charge is -2.22. The molecule has 0 unspecified atom stereocenters. The lowest BCUT2D eigenvalue weighted by atomic mass is 10.2. The first-order chi connectivity index (χ1) is 16.8. The topological polar surface area (TPSA) is 108 Å². The summed E-state index contributed by atoms with van der Waals surface area (Å²) in [5.74, 6) is -0.395. The molecule has 188 valence electrons. The summed E-state index contributed by atoms with van der Waals surface area (Å²) in [4.78, 5) is 24.5. The minimum atomic E-state index is -3.87. The van der Waals surface area contributed by atoms with Crippen molar-refractivity contribution >= 4 is 44.6 Å². The molecule has 12 heteroatoms. The van der Waals surface area contributed by atoms with E-state index in [0.717, 1.165) is 5.56 Å². The number of benzene rings is 1. The largest absolute Gasteiger partial charge is 0.490 e. The third-order valence-electron chi connectivity index (χ3n) is 4.86. The van der Waals surface area contributed by atoms with Crippen molar-refractivity contribution in [3.8, 4) is 11.5 Å². The Labute approximate surface area is 211 Å². The molecule has 0 saturated carbocycles. The van der Waals surface area contributed by atoms with Crippen molar-refractivity contribution < 1.29 is 37.0 Å². The van der Waals surface area contributed by atoms with Gasteiger partial charge in [0, 0.05) is 13.1 Å². The van der Waals surface area contributed by atoms with Gasteiger partial charge in [0.2, 0.25) is 10.0 Å². The Hall–Kier alpha value is -2.93. The molecule has 2 heterocycles. The molecule has 0 amide bonds. The highest BCUT2D eigenvalue weighted by atomic mass is 32.2. The Balaban J connectivity index is 1.73. The molecular formula is C23H25NO8S3. The van der Waals surface area contributed by atoms with E-state index in [0.29, 0.717) is 21.3 Å². The monoisotopic (exact) mass is 539 g/mol. The van der Waals surface area contributed by atoms with E-state index in [-0.39, 0.29) is 31.2 Å². The van der Waals surface area contributed by atoms with Crippen molar-refractivity contribution in [2.24, 2.45) is 0 Å². The average molecular weight is 540 g/mol. The summed E-state index contributed by atoms with van der Waals surface area (Å²) < 4.78 is 48.8. The quantitative estimate of drug-likeness (QED) is 0.320. The Morgan fingerprint density at radius 2 is 1.26 bits per heavy atom. The van der Waals surface area contributed by atoms with E-state index in [9.17, 15) is 18.0 Å². The summed E-state index contributed by atoms with van der Waals surface area (Å²) >= 11 is 2.35. The SMILES string of the molecule is COC(=O)c1sccc1OCCN(CCOc1ccsc1C(=O)OC)S(=O)(=O)c1ccc(C)cc1. The van der Waals surface area contributed by atoms with Crippen LogP contribution >= 0.6 is 22.7 Å². The van der Waals surface area contributed by atoms with Crippen LogP contribution in [0.5, 0.6) is 11.5 Å². The summed E-state index contributed by atoms with van der Waals surface area (Å²) in [7, 11) is -1.31. The Morgan fingerprint density at radius 3 is 1.69 bits per heavy atom. The molecule has 0 aliphatic rings. The van der Waals surface area contributed by atoms with Gasteiger partial charge in [-0.2, -0.15) is 4.31 Å². The summed E-state index contributed by atoms with van der Waals surface area (Å²) in [6.45, 7) is 1.87. The molecule has 0 aliphatic heterocycles. The number of thiophene rings is 2. The first-order valence-corrected chi connectivity index (χ1v) is 13.6. The molecule has 0 fully saturated rings. The highest BCUT2D eigenvalue weighted by Crippen LogP contribution is 2.27. The van der Waals surface area contributed by atoms with E-state index in [2.05, 4.69) is 0 Å². The van der Waals surface area contributed by atoms with Crippen LogP contribution < -0.4 is 9.47 Å². The fraction of sp³-hybridized carbons (Fsp3) is 0.304. The van der Waals surface area contributed by atoms with Crippen LogP contribution in [0.15, 0.2) is 52.1 Å². The molecule has 9 nitrogen and oxygen atoms in total. The zero-order valence-corrected chi connectivity index (χ0v) is 21.8. The van der Waals surface area contributed by atoms with Crippen LogP contribution in [0.1, 0.15) is 24.9 Å². The molecule has 0 spiro atoms. The van der Waals surface area contributed by atoms with Crippen molar-refractivity contribution in [2.45, 2.75) is 11.8 Å². The van der Waals surface area contributed by atoms with Gasteiger partial charge >= 0.3 is 11.9 Å². The molecule has 35 heavy (non-hydrogen) atoms. The summed E-state index contributed by atoms with van der Waals surface area (Å²) in [5.41, 5.74) is 0.933. The van der Waals surface area contributed by atoms with Crippen LogP contribution in [0.4, 0.5) is 0 Å². The molecule has 0 atom stereocenters. The van der Waals surface area contributed by atoms with E-state index in [4.69, 9.17) is 18.9 Å². The van der Waals surface area contributed by atoms with Crippen molar-refractivity contribution in [2.75, 3.05) is 40.5 Å². The minimum absolute atomic E-state index is 0.00230. The van der Waals surface area contributed by atoms with Gasteiger partial charge in [0.05, 0.1) is 19.1 Å². The number of sulfonamides is 1. The number of hydrogen-bond acceptors (Lipinski definition) is 10. The highest BCUT2D eigenvalue weighted by molar-refractivity contribution is 7.89. The number of methoxy groups -OCH3 is 2. The van der Waals surface area contributed by atoms with Crippen LogP contribution in [0.2, 0.25) is 0 Å². The predicted octanol–water partition coefficient (Wildman–Crippen LogP) is 3.84. The molecular weight excluding hydrogens is 514 g/mol. The van der Waals surface area contributed by atoms with Gasteiger partial charge in [-0.05, 0) is 41.9 Å². The smallest absolute Gasteiger partial charge is 0.351 e. The summed E-state index contributed by atoms with van der Waals surface area (Å²) in [5, 5.41) is 3.38. The second-order valence-electron chi connectivity index (χ2n) is 7.13. The van der Waals surface area contributed by atoms with Crippen molar-refractivity contribution in [3.63, 3.8) is 0 Å². The lowest BCUT2D eigenvalue weighted by Crippen LogP contribution is -2.37. The molecule has 2 aromatic heterocycles. The minimum Gasteiger partial charge on any atom is -0.490 e. The second-order valence-corrected chi connectivity index (χ2v) is 10.9. The van der Waals surface area contributed by atoms with E-state index < -0.39 is 22.0 Å². The van der Waals surface area contributed by atoms with Crippen LogP contribution in [0.25, 0.3) is 0 Å². The normalized spacial score (nSPS) is 11.3. The predicted molar refractivity (Wildman–Crippen MR) is 132 cm³/mol. The fourth-order valence-electron chi connectivity index (χ4n) is 3.03. The number of esters is 2. The van der Waals surface area contributed by atoms with Crippen LogP contribution in [-0.2, 0) is 19.5 Å². The third-order valence-corrected chi connectivity index (χ3v) is 8.52. The maximum absolute atomic E-state index is 13.3. The zero-order valence-electron chi connectivity index (χ0n) is 19.4. The van der Waals surface area contributed by atoms with E-state index in [1.165, 1.54) is 41.2 Å². The fourth-order valence-corrected chi connectivity index (χ4v) is 5.94. The number of aryl methyl sites for hydroxylation is 1. The van der Waals surface area contributed by atoms with Crippen LogP contribution in [0, 0.1) is 6.92 Å². The lowest BCUT2D eigenvalue weighted by molar-refractivity contribution is 0.0593. The van der Waals surface area contributed by atoms with Crippen molar-refractivity contribution in [1.82, 2.24) is 4.31 Å². The average Bonchev–Trinajstić information content (AvgIpc) is 3.52. The number of hydrogen-bond donors (Lipinski definition) is 0. The van der Waals surface area contributed by atoms with Crippen molar-refractivity contribution in [3.05, 3.63) is 62.5 Å². The van der Waals surface area contributed by atoms with E-state index >= 15 is 0 Å². The zero-order chi connectivity index (χ0) is 25.4. The third kappa shape index (κ3) is 6.60. The number of carbonyl (C=O) groups is 2. The molecule has 0 radical (unpaired) electrons. The Kier molecular flexibility index (Phi) is 9.26. The van der Waals surface area contributed by atoms with Gasteiger partial charge in [-0.1, -0.05) is 17.7 Å². The van der Waals surface area contributed by atoms with Gasteiger partial charge < -0.3 is 18.9 Å². The highest BCUT2D eigenvalue weighted by Gasteiger charge is 2.25. The van der Waals surface area contributed by atoms with Crippen molar-refractivity contribution in [1.29, 1.82) is 0 Å². The maximum Gasteiger partial charge on any atom is 0.351 e. The Morgan fingerprint density at radius 1 is 0.800 bits per heavy atom. The van der Waals surface area contributed by atoms with Crippen LogP contribution in [0.3, 0.4) is 0 Å². The molecule has 0 bridgehead atoms. The molecule has 1 aromatic carbocycles. The molecule has 0 aliphatic carbocycles. The molecule has 3 aromatic rings. The molecule has 0 N–H and O–H groups in total. The first-order valence-electron chi connectivity index (χ1n) is 10.4. The molecule has 0 saturated heterocycles. The number of ether oxygens (including phenoxy) is 4. The maximum atomic E-state index is 13.3. The molecule has 3 rings (SSSR count). The van der Waals surface area contributed by atoms with E-state index in [1.807, 2.05) is 6.92 Å². The number of rotatable bonds is 12. The first kappa shape index (κ1) is 26.7. The van der Waals surface area contributed by atoms with Gasteiger partial charge in [-0.3, -0.25) is 0 Å². The van der Waals surface area contributed by atoms with E-state index in [1.54, 1.807) is 47.2 Å². The van der Waals surface area contributed by atoms with Gasteiger partial charge in [0.25, 0.3) is 0 Å². The number of nitrogens with zero attached hydrogens (tertiary/aromatic N) is 1. The summed E-state index contributed by atoms with van der Waals surface area (Å²) in [6, 6.07) is 9.79. The van der Waals surface area contributed by atoms with Gasteiger partial charge in [-0.25, -0.2) is 18.0 Å². The van der Waals surface area contributed by atoms with Gasteiger partial charge in [0.15, 0.2) is 9.75 Å².